The number of benzene rings is 2. The highest BCUT2D eigenvalue weighted by Gasteiger charge is 2.42. The second-order valence-electron chi connectivity index (χ2n) is 12.9. The van der Waals surface area contributed by atoms with Crippen molar-refractivity contribution < 1.29 is 10.2 Å². The second kappa shape index (κ2) is 19.4. The molecule has 0 aliphatic heterocycles. The van der Waals surface area contributed by atoms with Gasteiger partial charge in [0.25, 0.3) is 0 Å². The highest BCUT2D eigenvalue weighted by Crippen LogP contribution is 2.54. The maximum atomic E-state index is 10.0. The Labute approximate surface area is 253 Å². The summed E-state index contributed by atoms with van der Waals surface area (Å²) >= 11 is 0. The van der Waals surface area contributed by atoms with Crippen molar-refractivity contribution in [2.75, 3.05) is 5.48 Å². The van der Waals surface area contributed by atoms with Gasteiger partial charge in [0.1, 0.15) is 0 Å². The summed E-state index contributed by atoms with van der Waals surface area (Å²) in [6.07, 6.45) is 29.3. The topological polar surface area (TPSA) is 52.5 Å². The van der Waals surface area contributed by atoms with Crippen molar-refractivity contribution in [1.29, 1.82) is 0 Å². The minimum atomic E-state index is -0.0387. The van der Waals surface area contributed by atoms with Crippen LogP contribution in [-0.4, -0.2) is 17.7 Å². The summed E-state index contributed by atoms with van der Waals surface area (Å²) in [6.45, 7) is 4.58. The average Bonchev–Trinajstić information content (AvgIpc) is 3.27. The van der Waals surface area contributed by atoms with Crippen LogP contribution in [0.2, 0.25) is 0 Å². The van der Waals surface area contributed by atoms with E-state index in [4.69, 9.17) is 0 Å². The van der Waals surface area contributed by atoms with E-state index in [0.29, 0.717) is 0 Å². The Kier molecular flexibility index (Phi) is 16.0. The van der Waals surface area contributed by atoms with Crippen LogP contribution in [0.4, 0.5) is 5.69 Å². The van der Waals surface area contributed by atoms with Gasteiger partial charge in [-0.25, -0.2) is 0 Å². The molecule has 3 N–H and O–H groups in total. The van der Waals surface area contributed by atoms with Crippen molar-refractivity contribution in [2.45, 2.75) is 161 Å². The molecule has 0 unspecified atom stereocenters. The number of nitrogens with one attached hydrogen (secondary N) is 1. The van der Waals surface area contributed by atoms with E-state index in [1.807, 2.05) is 6.07 Å². The average molecular weight is 562 g/mol. The van der Waals surface area contributed by atoms with Gasteiger partial charge < -0.3 is 5.02 Å². The normalized spacial score (nSPS) is 13.3. The van der Waals surface area contributed by atoms with Crippen molar-refractivity contribution in [1.82, 2.24) is 0 Å². The zero-order valence-electron chi connectivity index (χ0n) is 26.6. The highest BCUT2D eigenvalue weighted by atomic mass is 16.5. The molecule has 0 fully saturated rings. The number of unbranched alkanes of at least 4 members (excludes halogenated alkanes) is 18. The lowest BCUT2D eigenvalue weighted by Crippen LogP contribution is -2.27. The predicted molar refractivity (Wildman–Crippen MR) is 180 cm³/mol. The van der Waals surface area contributed by atoms with Gasteiger partial charge in [-0.1, -0.05) is 172 Å². The van der Waals surface area contributed by atoms with E-state index < -0.39 is 0 Å². The van der Waals surface area contributed by atoms with Crippen molar-refractivity contribution >= 4 is 18.6 Å². The molecular formula is C37H60BNO2. The molecule has 3 nitrogen and oxygen atoms in total. The Hall–Kier alpha value is -1.78. The van der Waals surface area contributed by atoms with Gasteiger partial charge in [0.05, 0.1) is 5.69 Å². The molecule has 0 spiro atoms. The Morgan fingerprint density at radius 2 is 0.976 bits per heavy atom. The lowest BCUT2D eigenvalue weighted by Gasteiger charge is -2.33. The summed E-state index contributed by atoms with van der Waals surface area (Å²) in [6, 6.07) is 13.0. The molecule has 0 heterocycles. The third-order valence-corrected chi connectivity index (χ3v) is 9.65. The Morgan fingerprint density at radius 1 is 0.561 bits per heavy atom. The van der Waals surface area contributed by atoms with Crippen LogP contribution >= 0.6 is 0 Å². The summed E-state index contributed by atoms with van der Waals surface area (Å²) in [5, 5.41) is 19.8. The zero-order valence-corrected chi connectivity index (χ0v) is 26.6. The van der Waals surface area contributed by atoms with Crippen LogP contribution in [0.15, 0.2) is 36.4 Å². The van der Waals surface area contributed by atoms with E-state index in [1.165, 1.54) is 151 Å². The molecule has 0 amide bonds. The molecule has 0 saturated carbocycles. The fourth-order valence-corrected chi connectivity index (χ4v) is 7.20. The Bertz CT molecular complexity index is 911. The van der Waals surface area contributed by atoms with Gasteiger partial charge in [0.2, 0.25) is 0 Å². The molecule has 1 aliphatic rings. The number of anilines is 1. The van der Waals surface area contributed by atoms with Crippen LogP contribution in [0.3, 0.4) is 0 Å². The van der Waals surface area contributed by atoms with E-state index in [0.717, 1.165) is 24.0 Å². The van der Waals surface area contributed by atoms with Crippen molar-refractivity contribution in [3.63, 3.8) is 0 Å². The molecule has 0 radical (unpaired) electrons. The van der Waals surface area contributed by atoms with E-state index in [1.54, 1.807) is 0 Å². The molecule has 4 heteroatoms. The lowest BCUT2D eigenvalue weighted by molar-refractivity contribution is 0.386. The van der Waals surface area contributed by atoms with Crippen LogP contribution < -0.4 is 10.9 Å². The Morgan fingerprint density at radius 3 is 1.41 bits per heavy atom. The van der Waals surface area contributed by atoms with E-state index in [-0.39, 0.29) is 12.9 Å². The highest BCUT2D eigenvalue weighted by molar-refractivity contribution is 6.45. The molecule has 2 aromatic carbocycles. The van der Waals surface area contributed by atoms with Crippen molar-refractivity contribution in [3.05, 3.63) is 47.5 Å². The third kappa shape index (κ3) is 10.2. The van der Waals surface area contributed by atoms with Gasteiger partial charge >= 0.3 is 7.48 Å². The predicted octanol–water partition coefficient (Wildman–Crippen LogP) is 10.3. The summed E-state index contributed by atoms with van der Waals surface area (Å²) in [5.41, 5.74) is 9.56. The maximum absolute atomic E-state index is 10.0. The first-order valence-electron chi connectivity index (χ1n) is 17.5. The van der Waals surface area contributed by atoms with Crippen LogP contribution in [-0.2, 0) is 5.41 Å². The fraction of sp³-hybridized carbons (Fsp3) is 0.676. The summed E-state index contributed by atoms with van der Waals surface area (Å²) in [5.74, 6) is 0. The monoisotopic (exact) mass is 561 g/mol. The second-order valence-corrected chi connectivity index (χ2v) is 12.9. The molecule has 1 aliphatic carbocycles. The largest absolute Gasteiger partial charge is 0.449 e. The van der Waals surface area contributed by atoms with E-state index in [9.17, 15) is 10.2 Å². The maximum Gasteiger partial charge on any atom is 0.304 e. The van der Waals surface area contributed by atoms with Crippen LogP contribution in [0, 0.1) is 0 Å². The van der Waals surface area contributed by atoms with Gasteiger partial charge in [0.15, 0.2) is 0 Å². The van der Waals surface area contributed by atoms with E-state index in [2.05, 4.69) is 49.7 Å². The summed E-state index contributed by atoms with van der Waals surface area (Å²) in [7, 11) is 0.0830. The number of hydrogen-bond donors (Lipinski definition) is 3. The van der Waals surface area contributed by atoms with Gasteiger partial charge in [-0.2, -0.15) is 0 Å². The molecule has 41 heavy (non-hydrogen) atoms. The quantitative estimate of drug-likeness (QED) is 0.0679. The molecule has 2 aromatic rings. The van der Waals surface area contributed by atoms with Crippen molar-refractivity contribution in [3.8, 4) is 11.1 Å². The first-order valence-corrected chi connectivity index (χ1v) is 17.5. The number of fused-ring (bicyclic) bond motifs is 3. The molecular weight excluding hydrogens is 501 g/mol. The lowest BCUT2D eigenvalue weighted by atomic mass is 9.69. The first-order chi connectivity index (χ1) is 20.2. The summed E-state index contributed by atoms with van der Waals surface area (Å²) < 4.78 is 0. The van der Waals surface area contributed by atoms with Crippen LogP contribution in [0.25, 0.3) is 11.1 Å². The molecule has 0 saturated heterocycles. The van der Waals surface area contributed by atoms with Crippen LogP contribution in [0.1, 0.15) is 166 Å². The minimum absolute atomic E-state index is 0.0387. The van der Waals surface area contributed by atoms with Gasteiger partial charge in [-0.15, -0.1) is 0 Å². The smallest absolute Gasteiger partial charge is 0.304 e. The molecule has 0 bridgehead atoms. The third-order valence-electron chi connectivity index (χ3n) is 9.65. The first kappa shape index (κ1) is 33.7. The molecule has 3 rings (SSSR count). The SMILES string of the molecule is CCCCCCCCCCCCC1(CCCCCCCCCCCC)c2cc(BO)ccc2-c2ccc(NO)cc21. The number of hydrogen-bond acceptors (Lipinski definition) is 3. The van der Waals surface area contributed by atoms with Crippen LogP contribution in [0.5, 0.6) is 0 Å². The van der Waals surface area contributed by atoms with Gasteiger partial charge in [-0.3, -0.25) is 10.7 Å². The Balaban J connectivity index is 1.65. The zero-order chi connectivity index (χ0) is 29.2. The summed E-state index contributed by atoms with van der Waals surface area (Å²) in [4.78, 5) is 0. The fourth-order valence-electron chi connectivity index (χ4n) is 7.20. The van der Waals surface area contributed by atoms with Crippen molar-refractivity contribution in [2.24, 2.45) is 0 Å². The molecule has 0 atom stereocenters. The molecule has 228 valence electrons. The van der Waals surface area contributed by atoms with Gasteiger partial charge in [0, 0.05) is 5.41 Å². The van der Waals surface area contributed by atoms with E-state index >= 15 is 0 Å². The van der Waals surface area contributed by atoms with Gasteiger partial charge in [-0.05, 0) is 47.2 Å². The number of rotatable bonds is 24. The molecule has 0 aromatic heterocycles. The standard InChI is InChI=1S/C37H60BNO2/c1-3-5-7-9-11-13-15-17-19-21-27-37(28-22-20-18-16-14-12-10-8-6-4-2)35-29-31(38-40)23-25-33(35)34-26-24-32(39-41)30-36(34)37/h23-26,29-30,38-41H,3-22,27-28H2,1-2H3. The minimum Gasteiger partial charge on any atom is -0.449 e.